The van der Waals surface area contributed by atoms with Gasteiger partial charge in [0.05, 0.1) is 11.9 Å². The molecule has 16 heavy (non-hydrogen) atoms. The van der Waals surface area contributed by atoms with Crippen LogP contribution >= 0.6 is 0 Å². The van der Waals surface area contributed by atoms with E-state index in [4.69, 9.17) is 5.73 Å². The number of anilines is 1. The second kappa shape index (κ2) is 4.52. The van der Waals surface area contributed by atoms with Gasteiger partial charge in [0.2, 0.25) is 5.91 Å². The Morgan fingerprint density at radius 1 is 1.56 bits per heavy atom. The van der Waals surface area contributed by atoms with Crippen LogP contribution in [0.3, 0.4) is 0 Å². The first-order valence-electron chi connectivity index (χ1n) is 5.47. The zero-order valence-corrected chi connectivity index (χ0v) is 9.39. The highest BCUT2D eigenvalue weighted by atomic mass is 16.2. The van der Waals surface area contributed by atoms with Crippen molar-refractivity contribution in [3.63, 3.8) is 0 Å². The molecule has 0 aromatic carbocycles. The Balaban J connectivity index is 2.03. The number of nitrogen functional groups attached to an aromatic ring is 1. The van der Waals surface area contributed by atoms with E-state index in [0.29, 0.717) is 5.69 Å². The Hall–Kier alpha value is -1.56. The van der Waals surface area contributed by atoms with Gasteiger partial charge in [-0.05, 0) is 6.92 Å². The number of rotatable bonds is 2. The molecule has 0 aliphatic carbocycles. The average Bonchev–Trinajstić information content (AvgIpc) is 2.75. The van der Waals surface area contributed by atoms with E-state index in [1.165, 1.54) is 0 Å². The zero-order chi connectivity index (χ0) is 11.5. The minimum Gasteiger partial charge on any atom is -0.396 e. The van der Waals surface area contributed by atoms with Crippen molar-refractivity contribution >= 4 is 11.6 Å². The molecule has 0 bridgehead atoms. The lowest BCUT2D eigenvalue weighted by molar-refractivity contribution is -0.135. The number of nitrogens with two attached hydrogens (primary N) is 1. The average molecular weight is 223 g/mol. The van der Waals surface area contributed by atoms with Crippen LogP contribution in [0.15, 0.2) is 12.4 Å². The molecular formula is C10H17N5O. The van der Waals surface area contributed by atoms with Crippen LogP contribution in [-0.2, 0) is 4.79 Å². The van der Waals surface area contributed by atoms with Gasteiger partial charge in [0.25, 0.3) is 0 Å². The summed E-state index contributed by atoms with van der Waals surface area (Å²) >= 11 is 0. The lowest BCUT2D eigenvalue weighted by Gasteiger charge is -2.29. The third-order valence-corrected chi connectivity index (χ3v) is 2.80. The molecule has 1 aromatic rings. The fourth-order valence-electron chi connectivity index (χ4n) is 1.83. The van der Waals surface area contributed by atoms with Gasteiger partial charge in [-0.2, -0.15) is 5.10 Å². The van der Waals surface area contributed by atoms with E-state index in [9.17, 15) is 4.79 Å². The fourth-order valence-corrected chi connectivity index (χ4v) is 1.83. The van der Waals surface area contributed by atoms with Crippen LogP contribution in [0.2, 0.25) is 0 Å². The summed E-state index contributed by atoms with van der Waals surface area (Å²) in [4.78, 5) is 14.0. The monoisotopic (exact) mass is 223 g/mol. The number of nitrogens with one attached hydrogen (secondary N) is 1. The molecule has 1 fully saturated rings. The van der Waals surface area contributed by atoms with Crippen molar-refractivity contribution in [2.45, 2.75) is 13.0 Å². The maximum Gasteiger partial charge on any atom is 0.247 e. The van der Waals surface area contributed by atoms with E-state index in [0.717, 1.165) is 26.2 Å². The van der Waals surface area contributed by atoms with E-state index >= 15 is 0 Å². The molecule has 6 nitrogen and oxygen atoms in total. The summed E-state index contributed by atoms with van der Waals surface area (Å²) in [5.41, 5.74) is 6.16. The number of hydrogen-bond acceptors (Lipinski definition) is 4. The first kappa shape index (κ1) is 10.9. The normalized spacial score (nSPS) is 18.4. The van der Waals surface area contributed by atoms with Crippen molar-refractivity contribution in [1.82, 2.24) is 20.0 Å². The van der Waals surface area contributed by atoms with Crippen LogP contribution in [0.1, 0.15) is 13.0 Å². The van der Waals surface area contributed by atoms with Crippen molar-refractivity contribution in [3.05, 3.63) is 12.4 Å². The molecule has 6 heteroatoms. The first-order chi connectivity index (χ1) is 7.68. The Kier molecular flexibility index (Phi) is 3.09. The molecule has 88 valence electrons. The highest BCUT2D eigenvalue weighted by Crippen LogP contribution is 2.11. The molecule has 1 aromatic heterocycles. The van der Waals surface area contributed by atoms with E-state index in [1.807, 2.05) is 11.8 Å². The summed E-state index contributed by atoms with van der Waals surface area (Å²) in [6.45, 7) is 5.09. The van der Waals surface area contributed by atoms with Gasteiger partial charge in [-0.3, -0.25) is 9.48 Å². The lowest BCUT2D eigenvalue weighted by Crippen LogP contribution is -2.48. The Labute approximate surface area is 94.4 Å². The van der Waals surface area contributed by atoms with Crippen LogP contribution in [0, 0.1) is 0 Å². The Morgan fingerprint density at radius 2 is 2.25 bits per heavy atom. The molecule has 1 aliphatic rings. The number of amides is 1. The van der Waals surface area contributed by atoms with Crippen LogP contribution in [0.25, 0.3) is 0 Å². The summed E-state index contributed by atoms with van der Waals surface area (Å²) in [5.74, 6) is 0.101. The molecule has 1 unspecified atom stereocenters. The number of piperazine rings is 1. The first-order valence-corrected chi connectivity index (χ1v) is 5.47. The maximum atomic E-state index is 12.1. The summed E-state index contributed by atoms with van der Waals surface area (Å²) in [7, 11) is 0. The Bertz CT molecular complexity index is 369. The topological polar surface area (TPSA) is 76.2 Å². The number of nitrogens with zero attached hydrogens (tertiary/aromatic N) is 3. The van der Waals surface area contributed by atoms with E-state index in [1.54, 1.807) is 17.1 Å². The van der Waals surface area contributed by atoms with Gasteiger partial charge in [0.1, 0.15) is 6.04 Å². The summed E-state index contributed by atoms with van der Waals surface area (Å²) in [6.07, 6.45) is 3.24. The molecule has 1 aliphatic heterocycles. The highest BCUT2D eigenvalue weighted by molar-refractivity contribution is 5.80. The standard InChI is InChI=1S/C10H17N5O/c1-8(15-7-9(11)6-13-15)10(16)14-4-2-12-3-5-14/h6-8,12H,2-5,11H2,1H3. The van der Waals surface area contributed by atoms with Gasteiger partial charge in [0, 0.05) is 32.4 Å². The van der Waals surface area contributed by atoms with Crippen molar-refractivity contribution < 1.29 is 4.79 Å². The van der Waals surface area contributed by atoms with Gasteiger partial charge >= 0.3 is 0 Å². The van der Waals surface area contributed by atoms with Crippen molar-refractivity contribution in [3.8, 4) is 0 Å². The second-order valence-electron chi connectivity index (χ2n) is 4.00. The molecule has 1 amide bonds. The van der Waals surface area contributed by atoms with Gasteiger partial charge in [-0.15, -0.1) is 0 Å². The second-order valence-corrected chi connectivity index (χ2v) is 4.00. The van der Waals surface area contributed by atoms with Crippen LogP contribution in [-0.4, -0.2) is 46.8 Å². The number of carbonyl (C=O) groups is 1. The minimum absolute atomic E-state index is 0.101. The van der Waals surface area contributed by atoms with Crippen LogP contribution in [0.5, 0.6) is 0 Å². The SMILES string of the molecule is CC(C(=O)N1CCNCC1)n1cc(N)cn1. The number of carbonyl (C=O) groups excluding carboxylic acids is 1. The van der Waals surface area contributed by atoms with Gasteiger partial charge in [0.15, 0.2) is 0 Å². The minimum atomic E-state index is -0.282. The highest BCUT2D eigenvalue weighted by Gasteiger charge is 2.23. The largest absolute Gasteiger partial charge is 0.396 e. The van der Waals surface area contributed by atoms with E-state index in [-0.39, 0.29) is 11.9 Å². The van der Waals surface area contributed by atoms with Gasteiger partial charge in [-0.25, -0.2) is 0 Å². The summed E-state index contributed by atoms with van der Waals surface area (Å²) in [5, 5.41) is 7.28. The zero-order valence-electron chi connectivity index (χ0n) is 9.39. The molecule has 0 radical (unpaired) electrons. The van der Waals surface area contributed by atoms with E-state index < -0.39 is 0 Å². The molecule has 3 N–H and O–H groups in total. The molecule has 2 rings (SSSR count). The smallest absolute Gasteiger partial charge is 0.247 e. The molecule has 0 saturated carbocycles. The van der Waals surface area contributed by atoms with Crippen molar-refractivity contribution in [2.75, 3.05) is 31.9 Å². The van der Waals surface area contributed by atoms with Crippen LogP contribution < -0.4 is 11.1 Å². The van der Waals surface area contributed by atoms with Gasteiger partial charge in [-0.1, -0.05) is 0 Å². The molecule has 1 saturated heterocycles. The summed E-state index contributed by atoms with van der Waals surface area (Å²) in [6, 6.07) is -0.282. The lowest BCUT2D eigenvalue weighted by atomic mass is 10.2. The third kappa shape index (κ3) is 2.16. The Morgan fingerprint density at radius 3 is 2.81 bits per heavy atom. The van der Waals surface area contributed by atoms with Gasteiger partial charge < -0.3 is 16.0 Å². The third-order valence-electron chi connectivity index (χ3n) is 2.80. The van der Waals surface area contributed by atoms with E-state index in [2.05, 4.69) is 10.4 Å². The summed E-state index contributed by atoms with van der Waals surface area (Å²) < 4.78 is 1.61. The maximum absolute atomic E-state index is 12.1. The number of hydrogen-bond donors (Lipinski definition) is 2. The quantitative estimate of drug-likeness (QED) is 0.706. The predicted octanol–water partition coefficient (Wildman–Crippen LogP) is -0.542. The molecule has 1 atom stereocenters. The predicted molar refractivity (Wildman–Crippen MR) is 60.8 cm³/mol. The number of aromatic nitrogens is 2. The van der Waals surface area contributed by atoms with Crippen molar-refractivity contribution in [2.24, 2.45) is 0 Å². The fraction of sp³-hybridized carbons (Fsp3) is 0.600. The van der Waals surface area contributed by atoms with Crippen LogP contribution in [0.4, 0.5) is 5.69 Å². The van der Waals surface area contributed by atoms with Crippen molar-refractivity contribution in [1.29, 1.82) is 0 Å². The molecule has 2 heterocycles. The molecular weight excluding hydrogens is 206 g/mol. The molecule has 0 spiro atoms.